The van der Waals surface area contributed by atoms with Gasteiger partial charge in [0.1, 0.15) is 0 Å². The zero-order valence-electron chi connectivity index (χ0n) is 18.8. The normalized spacial score (nSPS) is 13.7. The molecule has 1 aromatic heterocycles. The Labute approximate surface area is 184 Å². The molecule has 0 spiro atoms. The quantitative estimate of drug-likeness (QED) is 0.681. The Bertz CT molecular complexity index is 891. The molecular weight excluding hydrogens is 390 g/mol. The number of aryl methyl sites for hydroxylation is 1. The van der Waals surface area contributed by atoms with Crippen LogP contribution in [0.2, 0.25) is 0 Å². The van der Waals surface area contributed by atoms with Crippen molar-refractivity contribution in [3.63, 3.8) is 0 Å². The second-order valence-electron chi connectivity index (χ2n) is 7.89. The Morgan fingerprint density at radius 2 is 1.84 bits per heavy atom. The highest BCUT2D eigenvalue weighted by atomic mass is 16.2. The summed E-state index contributed by atoms with van der Waals surface area (Å²) in [6, 6.07) is 9.21. The zero-order valence-corrected chi connectivity index (χ0v) is 18.8. The Balaban J connectivity index is 1.90. The number of carbonyl (C=O) groups excluding carboxylic acids is 2. The van der Waals surface area contributed by atoms with Crippen molar-refractivity contribution in [1.29, 1.82) is 0 Å². The number of carbonyl (C=O) groups is 2. The van der Waals surface area contributed by atoms with Gasteiger partial charge in [-0.15, -0.1) is 0 Å². The van der Waals surface area contributed by atoms with Crippen LogP contribution in [-0.2, 0) is 0 Å². The fraction of sp³-hybridized carbons (Fsp3) is 0.458. The molecule has 166 valence electrons. The topological polar surface area (TPSA) is 77.6 Å². The molecule has 0 saturated carbocycles. The molecular formula is C24H33N5O2. The lowest BCUT2D eigenvalue weighted by Gasteiger charge is -2.30. The average molecular weight is 424 g/mol. The van der Waals surface area contributed by atoms with Crippen LogP contribution in [0.5, 0.6) is 0 Å². The molecule has 0 aliphatic carbocycles. The van der Waals surface area contributed by atoms with E-state index in [1.54, 1.807) is 24.4 Å². The lowest BCUT2D eigenvalue weighted by molar-refractivity contribution is 0.0761. The van der Waals surface area contributed by atoms with Gasteiger partial charge in [0.25, 0.3) is 11.8 Å². The molecule has 0 bridgehead atoms. The van der Waals surface area contributed by atoms with Crippen molar-refractivity contribution in [3.8, 4) is 0 Å². The number of nitrogens with zero attached hydrogens (tertiary/aromatic N) is 3. The van der Waals surface area contributed by atoms with Gasteiger partial charge in [0.05, 0.1) is 11.3 Å². The van der Waals surface area contributed by atoms with Gasteiger partial charge < -0.3 is 20.4 Å². The molecule has 3 rings (SSSR count). The van der Waals surface area contributed by atoms with Gasteiger partial charge in [0, 0.05) is 51.0 Å². The number of hydrogen-bond acceptors (Lipinski definition) is 5. The molecule has 2 amide bonds. The summed E-state index contributed by atoms with van der Waals surface area (Å²) in [5.74, 6) is 0.442. The van der Waals surface area contributed by atoms with Gasteiger partial charge in [-0.2, -0.15) is 0 Å². The highest BCUT2D eigenvalue weighted by Gasteiger charge is 2.21. The van der Waals surface area contributed by atoms with E-state index >= 15 is 0 Å². The average Bonchev–Trinajstić information content (AvgIpc) is 2.80. The zero-order chi connectivity index (χ0) is 22.2. The minimum atomic E-state index is -0.207. The fourth-order valence-corrected chi connectivity index (χ4v) is 3.63. The molecule has 1 saturated heterocycles. The molecule has 31 heavy (non-hydrogen) atoms. The first-order valence-electron chi connectivity index (χ1n) is 11.2. The van der Waals surface area contributed by atoms with E-state index in [-0.39, 0.29) is 11.8 Å². The number of aromatic nitrogens is 1. The SMILES string of the molecule is CCCCN(CC)C(=O)c1cnc(N2CCNCC2)c(NC(=O)c2ccc(C)cc2)c1. The van der Waals surface area contributed by atoms with Crippen molar-refractivity contribution >= 4 is 23.3 Å². The number of rotatable bonds is 8. The van der Waals surface area contributed by atoms with E-state index in [0.29, 0.717) is 29.2 Å². The van der Waals surface area contributed by atoms with Crippen molar-refractivity contribution in [2.45, 2.75) is 33.6 Å². The highest BCUT2D eigenvalue weighted by molar-refractivity contribution is 6.06. The van der Waals surface area contributed by atoms with E-state index in [9.17, 15) is 9.59 Å². The minimum Gasteiger partial charge on any atom is -0.352 e. The maximum Gasteiger partial charge on any atom is 0.255 e. The highest BCUT2D eigenvalue weighted by Crippen LogP contribution is 2.26. The number of unbranched alkanes of at least 4 members (excludes halogenated alkanes) is 1. The van der Waals surface area contributed by atoms with E-state index in [2.05, 4.69) is 27.4 Å². The molecule has 1 aromatic carbocycles. The molecule has 2 N–H and O–H groups in total. The second-order valence-corrected chi connectivity index (χ2v) is 7.89. The van der Waals surface area contributed by atoms with Gasteiger partial charge >= 0.3 is 0 Å². The lowest BCUT2D eigenvalue weighted by atomic mass is 10.1. The molecule has 1 aliphatic rings. The summed E-state index contributed by atoms with van der Waals surface area (Å²) in [5.41, 5.74) is 2.74. The summed E-state index contributed by atoms with van der Waals surface area (Å²) < 4.78 is 0. The van der Waals surface area contributed by atoms with E-state index in [0.717, 1.165) is 51.1 Å². The van der Waals surface area contributed by atoms with Gasteiger partial charge in [-0.1, -0.05) is 31.0 Å². The fourth-order valence-electron chi connectivity index (χ4n) is 3.63. The molecule has 2 heterocycles. The monoisotopic (exact) mass is 423 g/mol. The van der Waals surface area contributed by atoms with Gasteiger partial charge in [-0.05, 0) is 38.5 Å². The van der Waals surface area contributed by atoms with Crippen LogP contribution in [0.1, 0.15) is 53.0 Å². The van der Waals surface area contributed by atoms with Crippen molar-refractivity contribution in [2.75, 3.05) is 49.5 Å². The van der Waals surface area contributed by atoms with Gasteiger partial charge in [0.15, 0.2) is 5.82 Å². The van der Waals surface area contributed by atoms with E-state index in [1.807, 2.05) is 30.9 Å². The van der Waals surface area contributed by atoms with Crippen LogP contribution < -0.4 is 15.5 Å². The first-order valence-corrected chi connectivity index (χ1v) is 11.2. The van der Waals surface area contributed by atoms with E-state index in [1.165, 1.54) is 0 Å². The summed E-state index contributed by atoms with van der Waals surface area (Å²) >= 11 is 0. The number of pyridine rings is 1. The van der Waals surface area contributed by atoms with Gasteiger partial charge in [-0.25, -0.2) is 4.98 Å². The van der Waals surface area contributed by atoms with E-state index < -0.39 is 0 Å². The first kappa shape index (κ1) is 22.7. The number of benzene rings is 1. The van der Waals surface area contributed by atoms with Crippen LogP contribution in [0.15, 0.2) is 36.5 Å². The second kappa shape index (κ2) is 10.9. The van der Waals surface area contributed by atoms with Gasteiger partial charge in [0.2, 0.25) is 0 Å². The third kappa shape index (κ3) is 5.82. The summed E-state index contributed by atoms with van der Waals surface area (Å²) in [5, 5.41) is 6.33. The third-order valence-electron chi connectivity index (χ3n) is 5.54. The van der Waals surface area contributed by atoms with Crippen molar-refractivity contribution in [1.82, 2.24) is 15.2 Å². The van der Waals surface area contributed by atoms with E-state index in [4.69, 9.17) is 0 Å². The first-order chi connectivity index (χ1) is 15.0. The van der Waals surface area contributed by atoms with Gasteiger partial charge in [-0.3, -0.25) is 9.59 Å². The molecule has 7 nitrogen and oxygen atoms in total. The predicted octanol–water partition coefficient (Wildman–Crippen LogP) is 3.31. The number of anilines is 2. The van der Waals surface area contributed by atoms with Crippen LogP contribution in [0, 0.1) is 6.92 Å². The number of amides is 2. The lowest BCUT2D eigenvalue weighted by Crippen LogP contribution is -2.44. The summed E-state index contributed by atoms with van der Waals surface area (Å²) in [6.07, 6.45) is 3.63. The summed E-state index contributed by atoms with van der Waals surface area (Å²) in [6.45, 7) is 10.7. The van der Waals surface area contributed by atoms with Crippen LogP contribution >= 0.6 is 0 Å². The smallest absolute Gasteiger partial charge is 0.255 e. The molecule has 1 aliphatic heterocycles. The molecule has 0 atom stereocenters. The van der Waals surface area contributed by atoms with Crippen molar-refractivity contribution in [3.05, 3.63) is 53.2 Å². The summed E-state index contributed by atoms with van der Waals surface area (Å²) in [7, 11) is 0. The van der Waals surface area contributed by atoms with Crippen LogP contribution in [0.4, 0.5) is 11.5 Å². The molecule has 0 radical (unpaired) electrons. The molecule has 0 unspecified atom stereocenters. The Morgan fingerprint density at radius 3 is 2.48 bits per heavy atom. The Hall–Kier alpha value is -2.93. The largest absolute Gasteiger partial charge is 0.352 e. The van der Waals surface area contributed by atoms with Crippen LogP contribution in [-0.4, -0.2) is 61.0 Å². The summed E-state index contributed by atoms with van der Waals surface area (Å²) in [4.78, 5) is 34.6. The van der Waals surface area contributed by atoms with Crippen molar-refractivity contribution < 1.29 is 9.59 Å². The Morgan fingerprint density at radius 1 is 1.13 bits per heavy atom. The van der Waals surface area contributed by atoms with Crippen LogP contribution in [0.3, 0.4) is 0 Å². The minimum absolute atomic E-state index is 0.0545. The van der Waals surface area contributed by atoms with Crippen molar-refractivity contribution in [2.24, 2.45) is 0 Å². The third-order valence-corrected chi connectivity index (χ3v) is 5.54. The van der Waals surface area contributed by atoms with Crippen LogP contribution in [0.25, 0.3) is 0 Å². The molecule has 2 aromatic rings. The maximum atomic E-state index is 13.1. The molecule has 1 fully saturated rings. The number of piperazine rings is 1. The number of hydrogen-bond donors (Lipinski definition) is 2. The standard InChI is InChI=1S/C24H33N5O2/c1-4-6-13-28(5-2)24(31)20-16-21(22(26-17-20)29-14-11-25-12-15-29)27-23(30)19-9-7-18(3)8-10-19/h7-10,16-17,25H,4-6,11-15H2,1-3H3,(H,27,30). The maximum absolute atomic E-state index is 13.1. The molecule has 7 heteroatoms. The number of nitrogens with one attached hydrogen (secondary N) is 2. The predicted molar refractivity (Wildman–Crippen MR) is 125 cm³/mol. The Kier molecular flexibility index (Phi) is 8.00.